The number of aromatic amines is 1. The van der Waals surface area contributed by atoms with Gasteiger partial charge < -0.3 is 14.6 Å². The molecule has 5 heteroatoms. The second kappa shape index (κ2) is 3.75. The van der Waals surface area contributed by atoms with E-state index < -0.39 is 0 Å². The highest BCUT2D eigenvalue weighted by molar-refractivity contribution is 5.99. The van der Waals surface area contributed by atoms with Crippen LogP contribution in [0.4, 0.5) is 0 Å². The fourth-order valence-electron chi connectivity index (χ4n) is 3.54. The van der Waals surface area contributed by atoms with E-state index in [1.807, 2.05) is 24.1 Å². The van der Waals surface area contributed by atoms with Gasteiger partial charge in [0.1, 0.15) is 11.2 Å². The highest BCUT2D eigenvalue weighted by atomic mass is 16.5. The molecule has 0 saturated heterocycles. The number of pyridine rings is 1. The van der Waals surface area contributed by atoms with Gasteiger partial charge in [0.15, 0.2) is 0 Å². The first-order valence-electron chi connectivity index (χ1n) is 6.93. The van der Waals surface area contributed by atoms with E-state index in [0.29, 0.717) is 11.6 Å². The molecule has 1 N–H and O–H groups in total. The number of fused-ring (bicyclic) bond motifs is 1. The number of nitrogens with zero attached hydrogens (tertiary/aromatic N) is 2. The van der Waals surface area contributed by atoms with Gasteiger partial charge in [-0.15, -0.1) is 0 Å². The van der Waals surface area contributed by atoms with E-state index in [2.05, 4.69) is 9.97 Å². The van der Waals surface area contributed by atoms with Crippen LogP contribution in [-0.4, -0.2) is 40.5 Å². The molecule has 3 aliphatic rings. The van der Waals surface area contributed by atoms with Gasteiger partial charge in [-0.05, 0) is 37.3 Å². The Morgan fingerprint density at radius 2 is 2.25 bits per heavy atom. The van der Waals surface area contributed by atoms with Crippen molar-refractivity contribution in [3.8, 4) is 5.88 Å². The minimum atomic E-state index is 0.0569. The summed E-state index contributed by atoms with van der Waals surface area (Å²) < 4.78 is 5.22. The zero-order valence-electron chi connectivity index (χ0n) is 11.6. The van der Waals surface area contributed by atoms with E-state index in [1.165, 1.54) is 19.3 Å². The Labute approximate surface area is 116 Å². The molecular weight excluding hydrogens is 254 g/mol. The number of carbonyl (C=O) groups is 1. The van der Waals surface area contributed by atoms with Crippen LogP contribution in [0.3, 0.4) is 0 Å². The fourth-order valence-corrected chi connectivity index (χ4v) is 3.54. The molecule has 5 rings (SSSR count). The Morgan fingerprint density at radius 3 is 2.85 bits per heavy atom. The highest BCUT2D eigenvalue weighted by Gasteiger charge is 2.60. The standard InChI is InChI=1S/C15H17N3O2/c1-18(15-6-9(7-15)8-15)14(19)11-5-10-3-4-16-13(20-2)12(10)17-11/h3-5,9,17H,6-8H2,1-2H3. The van der Waals surface area contributed by atoms with Gasteiger partial charge in [-0.3, -0.25) is 4.79 Å². The molecule has 3 saturated carbocycles. The molecule has 0 spiro atoms. The number of aromatic nitrogens is 2. The third kappa shape index (κ3) is 1.38. The van der Waals surface area contributed by atoms with Crippen molar-refractivity contribution in [2.45, 2.75) is 24.8 Å². The lowest BCUT2D eigenvalue weighted by molar-refractivity contribution is -0.114. The molecule has 3 fully saturated rings. The molecule has 2 bridgehead atoms. The number of H-pyrrole nitrogens is 1. The van der Waals surface area contributed by atoms with Gasteiger partial charge in [-0.2, -0.15) is 0 Å². The Kier molecular flexibility index (Phi) is 2.20. The molecule has 104 valence electrons. The van der Waals surface area contributed by atoms with Crippen LogP contribution in [0.1, 0.15) is 29.8 Å². The van der Waals surface area contributed by atoms with Gasteiger partial charge in [-0.1, -0.05) is 0 Å². The van der Waals surface area contributed by atoms with Crippen molar-refractivity contribution in [2.75, 3.05) is 14.2 Å². The maximum atomic E-state index is 12.6. The van der Waals surface area contributed by atoms with Crippen molar-refractivity contribution in [2.24, 2.45) is 5.92 Å². The predicted octanol–water partition coefficient (Wildman–Crippen LogP) is 2.20. The van der Waals surface area contributed by atoms with Crippen molar-refractivity contribution >= 4 is 16.8 Å². The third-order valence-corrected chi connectivity index (χ3v) is 4.95. The predicted molar refractivity (Wildman–Crippen MR) is 74.8 cm³/mol. The van der Waals surface area contributed by atoms with E-state index in [1.54, 1.807) is 13.3 Å². The quantitative estimate of drug-likeness (QED) is 0.931. The summed E-state index contributed by atoms with van der Waals surface area (Å²) in [5.41, 5.74) is 1.53. The van der Waals surface area contributed by atoms with Crippen LogP contribution in [-0.2, 0) is 0 Å². The van der Waals surface area contributed by atoms with Crippen LogP contribution in [0.25, 0.3) is 10.9 Å². The summed E-state index contributed by atoms with van der Waals surface area (Å²) in [4.78, 5) is 21.8. The molecule has 2 aromatic heterocycles. The van der Waals surface area contributed by atoms with Gasteiger partial charge in [0, 0.05) is 24.2 Å². The summed E-state index contributed by atoms with van der Waals surface area (Å²) in [7, 11) is 3.50. The minimum absolute atomic E-state index is 0.0569. The average molecular weight is 271 g/mol. The van der Waals surface area contributed by atoms with E-state index in [-0.39, 0.29) is 11.4 Å². The topological polar surface area (TPSA) is 58.2 Å². The largest absolute Gasteiger partial charge is 0.479 e. The zero-order valence-corrected chi connectivity index (χ0v) is 11.6. The maximum absolute atomic E-state index is 12.6. The van der Waals surface area contributed by atoms with Crippen LogP contribution in [0, 0.1) is 5.92 Å². The summed E-state index contributed by atoms with van der Waals surface area (Å²) in [5.74, 6) is 1.44. The van der Waals surface area contributed by atoms with Crippen molar-refractivity contribution in [1.29, 1.82) is 0 Å². The Balaban J connectivity index is 1.69. The smallest absolute Gasteiger partial charge is 0.270 e. The molecule has 2 aromatic rings. The van der Waals surface area contributed by atoms with E-state index in [4.69, 9.17) is 4.74 Å². The van der Waals surface area contributed by atoms with Gasteiger partial charge in [0.2, 0.25) is 5.88 Å². The number of methoxy groups -OCH3 is 1. The van der Waals surface area contributed by atoms with Gasteiger partial charge in [-0.25, -0.2) is 4.98 Å². The normalized spacial score (nSPS) is 26.8. The molecule has 0 aromatic carbocycles. The summed E-state index contributed by atoms with van der Waals surface area (Å²) in [5, 5.41) is 0.950. The van der Waals surface area contributed by atoms with Crippen LogP contribution in [0.15, 0.2) is 18.3 Å². The van der Waals surface area contributed by atoms with E-state index in [9.17, 15) is 4.79 Å². The number of hydrogen-bond donors (Lipinski definition) is 1. The molecule has 2 heterocycles. The third-order valence-electron chi connectivity index (χ3n) is 4.95. The van der Waals surface area contributed by atoms with Crippen LogP contribution in [0.5, 0.6) is 5.88 Å². The fraction of sp³-hybridized carbons (Fsp3) is 0.467. The molecule has 0 atom stereocenters. The second-order valence-corrected chi connectivity index (χ2v) is 6.03. The van der Waals surface area contributed by atoms with Gasteiger partial charge in [0.25, 0.3) is 5.91 Å². The first kappa shape index (κ1) is 11.8. The molecule has 3 aliphatic carbocycles. The van der Waals surface area contributed by atoms with Crippen molar-refractivity contribution < 1.29 is 9.53 Å². The summed E-state index contributed by atoms with van der Waals surface area (Å²) >= 11 is 0. The Bertz CT molecular complexity index is 689. The molecule has 0 radical (unpaired) electrons. The van der Waals surface area contributed by atoms with Crippen LogP contribution >= 0.6 is 0 Å². The van der Waals surface area contributed by atoms with Crippen molar-refractivity contribution in [1.82, 2.24) is 14.9 Å². The summed E-state index contributed by atoms with van der Waals surface area (Å²) in [6.07, 6.45) is 5.19. The average Bonchev–Trinajstić information content (AvgIpc) is 2.77. The first-order chi connectivity index (χ1) is 9.63. The molecule has 20 heavy (non-hydrogen) atoms. The molecule has 0 aliphatic heterocycles. The van der Waals surface area contributed by atoms with E-state index >= 15 is 0 Å². The molecule has 0 unspecified atom stereocenters. The number of rotatable bonds is 3. The van der Waals surface area contributed by atoms with Crippen LogP contribution in [0.2, 0.25) is 0 Å². The SMILES string of the molecule is COc1nccc2cc(C(=O)N(C)C34CC(C3)C4)[nH]c12. The lowest BCUT2D eigenvalue weighted by Crippen LogP contribution is -2.68. The molecule has 5 nitrogen and oxygen atoms in total. The highest BCUT2D eigenvalue weighted by Crippen LogP contribution is 2.60. The lowest BCUT2D eigenvalue weighted by atomic mass is 9.49. The second-order valence-electron chi connectivity index (χ2n) is 6.03. The minimum Gasteiger partial charge on any atom is -0.479 e. The number of hydrogen-bond acceptors (Lipinski definition) is 3. The van der Waals surface area contributed by atoms with Crippen molar-refractivity contribution in [3.05, 3.63) is 24.0 Å². The first-order valence-corrected chi connectivity index (χ1v) is 6.93. The van der Waals surface area contributed by atoms with Crippen molar-refractivity contribution in [3.63, 3.8) is 0 Å². The number of nitrogens with one attached hydrogen (secondary N) is 1. The van der Waals surface area contributed by atoms with Crippen LogP contribution < -0.4 is 4.74 Å². The van der Waals surface area contributed by atoms with Gasteiger partial charge in [0.05, 0.1) is 7.11 Å². The molecule has 1 amide bonds. The summed E-state index contributed by atoms with van der Waals surface area (Å²) in [6, 6.07) is 3.76. The zero-order chi connectivity index (χ0) is 13.9. The van der Waals surface area contributed by atoms with E-state index in [0.717, 1.165) is 16.8 Å². The maximum Gasteiger partial charge on any atom is 0.270 e. The Hall–Kier alpha value is -2.04. The molecular formula is C15H17N3O2. The number of amides is 1. The summed E-state index contributed by atoms with van der Waals surface area (Å²) in [6.45, 7) is 0. The number of carbonyl (C=O) groups excluding carboxylic acids is 1. The van der Waals surface area contributed by atoms with Gasteiger partial charge >= 0.3 is 0 Å². The Morgan fingerprint density at radius 1 is 1.50 bits per heavy atom. The number of ether oxygens (including phenoxy) is 1. The lowest BCUT2D eigenvalue weighted by Gasteiger charge is -2.65. The monoisotopic (exact) mass is 271 g/mol.